The van der Waals surface area contributed by atoms with Crippen molar-refractivity contribution in [2.75, 3.05) is 37.1 Å². The van der Waals surface area contributed by atoms with Crippen LogP contribution in [0.1, 0.15) is 20.3 Å². The number of hydrogen-bond donors (Lipinski definition) is 1. The van der Waals surface area contributed by atoms with Crippen molar-refractivity contribution in [2.45, 2.75) is 25.8 Å². The molecular formula is C16H26N2OS. The van der Waals surface area contributed by atoms with Crippen LogP contribution in [-0.2, 0) is 0 Å². The largest absolute Gasteiger partial charge is 0.497 e. The maximum Gasteiger partial charge on any atom is 0.120 e. The summed E-state index contributed by atoms with van der Waals surface area (Å²) < 4.78 is 5.35. The number of anilines is 1. The highest BCUT2D eigenvalue weighted by molar-refractivity contribution is 7.99. The van der Waals surface area contributed by atoms with Gasteiger partial charge in [0.25, 0.3) is 0 Å². The smallest absolute Gasteiger partial charge is 0.120 e. The molecule has 0 radical (unpaired) electrons. The first-order valence-corrected chi connectivity index (χ1v) is 8.28. The van der Waals surface area contributed by atoms with E-state index in [2.05, 4.69) is 37.9 Å². The van der Waals surface area contributed by atoms with Crippen LogP contribution < -0.4 is 15.4 Å². The van der Waals surface area contributed by atoms with Crippen molar-refractivity contribution < 1.29 is 4.74 Å². The predicted molar refractivity (Wildman–Crippen MR) is 88.9 cm³/mol. The Morgan fingerprint density at radius 2 is 2.15 bits per heavy atom. The summed E-state index contributed by atoms with van der Waals surface area (Å²) in [4.78, 5) is 2.36. The van der Waals surface area contributed by atoms with Crippen molar-refractivity contribution in [3.05, 3.63) is 24.3 Å². The molecule has 0 aliphatic carbocycles. The lowest BCUT2D eigenvalue weighted by molar-refractivity contribution is 0.175. The second-order valence-electron chi connectivity index (χ2n) is 6.18. The number of hydrogen-bond acceptors (Lipinski definition) is 4. The van der Waals surface area contributed by atoms with Crippen molar-refractivity contribution in [1.29, 1.82) is 0 Å². The first kappa shape index (κ1) is 15.5. The molecule has 3 nitrogen and oxygen atoms in total. The average Bonchev–Trinajstić information content (AvgIpc) is 2.46. The minimum Gasteiger partial charge on any atom is -0.497 e. The van der Waals surface area contributed by atoms with Crippen LogP contribution in [0, 0.1) is 5.41 Å². The molecule has 0 amide bonds. The van der Waals surface area contributed by atoms with Gasteiger partial charge in [-0.15, -0.1) is 0 Å². The van der Waals surface area contributed by atoms with Gasteiger partial charge in [-0.3, -0.25) is 0 Å². The number of benzene rings is 1. The van der Waals surface area contributed by atoms with Crippen molar-refractivity contribution >= 4 is 17.4 Å². The topological polar surface area (TPSA) is 38.5 Å². The van der Waals surface area contributed by atoms with Gasteiger partial charge < -0.3 is 15.4 Å². The van der Waals surface area contributed by atoms with Gasteiger partial charge in [0, 0.05) is 31.1 Å². The molecule has 20 heavy (non-hydrogen) atoms. The summed E-state index contributed by atoms with van der Waals surface area (Å²) >= 11 is 2.01. The van der Waals surface area contributed by atoms with Crippen LogP contribution in [0.25, 0.3) is 0 Å². The number of nitrogens with two attached hydrogens (primary N) is 1. The minimum atomic E-state index is -0.0116. The zero-order chi connectivity index (χ0) is 14.8. The van der Waals surface area contributed by atoms with Crippen molar-refractivity contribution in [2.24, 2.45) is 11.1 Å². The standard InChI is InChI=1S/C16H26N2OS/c1-15(2)8-9-20-12-16(15,11-17)18(3)13-6-5-7-14(10-13)19-4/h5-7,10H,8-9,11-12,17H2,1-4H3. The highest BCUT2D eigenvalue weighted by Crippen LogP contribution is 2.46. The summed E-state index contributed by atoms with van der Waals surface area (Å²) in [5.41, 5.74) is 7.60. The van der Waals surface area contributed by atoms with Crippen LogP contribution >= 0.6 is 11.8 Å². The molecule has 112 valence electrons. The molecule has 1 aliphatic rings. The SMILES string of the molecule is COc1cccc(N(C)C2(CN)CSCCC2(C)C)c1. The molecule has 0 aromatic heterocycles. The summed E-state index contributed by atoms with van der Waals surface area (Å²) in [6, 6.07) is 8.24. The Bertz CT molecular complexity index is 464. The summed E-state index contributed by atoms with van der Waals surface area (Å²) in [7, 11) is 3.87. The lowest BCUT2D eigenvalue weighted by Gasteiger charge is -2.55. The number of thioether (sulfide) groups is 1. The number of likely N-dealkylation sites (N-methyl/N-ethyl adjacent to an activating group) is 1. The van der Waals surface area contributed by atoms with E-state index in [1.54, 1.807) is 7.11 Å². The van der Waals surface area contributed by atoms with E-state index in [1.807, 2.05) is 23.9 Å². The third-order valence-corrected chi connectivity index (χ3v) is 6.07. The number of methoxy groups -OCH3 is 1. The highest BCUT2D eigenvalue weighted by atomic mass is 32.2. The van der Waals surface area contributed by atoms with Crippen molar-refractivity contribution in [3.8, 4) is 5.75 Å². The number of rotatable bonds is 4. The molecule has 1 fully saturated rings. The van der Waals surface area contributed by atoms with Crippen LogP contribution in [-0.4, -0.2) is 37.7 Å². The van der Waals surface area contributed by atoms with Gasteiger partial charge in [-0.2, -0.15) is 11.8 Å². The molecule has 1 heterocycles. The molecule has 2 N–H and O–H groups in total. The highest BCUT2D eigenvalue weighted by Gasteiger charge is 2.49. The second kappa shape index (κ2) is 5.86. The molecule has 0 bridgehead atoms. The lowest BCUT2D eigenvalue weighted by atomic mass is 9.69. The van der Waals surface area contributed by atoms with Crippen LogP contribution in [0.4, 0.5) is 5.69 Å². The maximum absolute atomic E-state index is 6.24. The fourth-order valence-corrected chi connectivity index (χ4v) is 4.92. The van der Waals surface area contributed by atoms with Crippen LogP contribution in [0.5, 0.6) is 5.75 Å². The Labute approximate surface area is 126 Å². The second-order valence-corrected chi connectivity index (χ2v) is 7.29. The third-order valence-electron chi connectivity index (χ3n) is 4.89. The normalized spacial score (nSPS) is 25.2. The maximum atomic E-state index is 6.24. The van der Waals surface area contributed by atoms with Gasteiger partial charge in [0.1, 0.15) is 5.75 Å². The molecule has 0 saturated carbocycles. The Kier molecular flexibility index (Phi) is 4.55. The van der Waals surface area contributed by atoms with Crippen molar-refractivity contribution in [1.82, 2.24) is 0 Å². The monoisotopic (exact) mass is 294 g/mol. The Morgan fingerprint density at radius 1 is 1.40 bits per heavy atom. The van der Waals surface area contributed by atoms with Gasteiger partial charge in [-0.05, 0) is 29.7 Å². The quantitative estimate of drug-likeness (QED) is 0.926. The van der Waals surface area contributed by atoms with Gasteiger partial charge in [0.15, 0.2) is 0 Å². The van der Waals surface area contributed by atoms with E-state index in [0.29, 0.717) is 6.54 Å². The Balaban J connectivity index is 2.39. The van der Waals surface area contributed by atoms with E-state index in [9.17, 15) is 0 Å². The first-order valence-electron chi connectivity index (χ1n) is 7.12. The molecule has 1 atom stereocenters. The third kappa shape index (κ3) is 2.51. The van der Waals surface area contributed by atoms with Crippen LogP contribution in [0.2, 0.25) is 0 Å². The van der Waals surface area contributed by atoms with Gasteiger partial charge in [-0.25, -0.2) is 0 Å². The summed E-state index contributed by atoms with van der Waals surface area (Å²) in [6.45, 7) is 5.35. The van der Waals surface area contributed by atoms with Gasteiger partial charge >= 0.3 is 0 Å². The number of nitrogens with zero attached hydrogens (tertiary/aromatic N) is 1. The molecule has 0 spiro atoms. The van der Waals surface area contributed by atoms with Crippen LogP contribution in [0.15, 0.2) is 24.3 Å². The average molecular weight is 294 g/mol. The molecule has 1 aromatic rings. The molecule has 1 aromatic carbocycles. The van der Waals surface area contributed by atoms with Gasteiger partial charge in [-0.1, -0.05) is 19.9 Å². The van der Waals surface area contributed by atoms with E-state index in [1.165, 1.54) is 17.9 Å². The van der Waals surface area contributed by atoms with E-state index in [4.69, 9.17) is 10.5 Å². The molecule has 4 heteroatoms. The van der Waals surface area contributed by atoms with Gasteiger partial charge in [0.2, 0.25) is 0 Å². The van der Waals surface area contributed by atoms with E-state index in [0.717, 1.165) is 11.5 Å². The van der Waals surface area contributed by atoms with E-state index >= 15 is 0 Å². The molecule has 1 unspecified atom stereocenters. The molecule has 1 saturated heterocycles. The summed E-state index contributed by atoms with van der Waals surface area (Å²) in [5.74, 6) is 3.19. The van der Waals surface area contributed by atoms with E-state index in [-0.39, 0.29) is 11.0 Å². The Morgan fingerprint density at radius 3 is 2.75 bits per heavy atom. The molecule has 1 aliphatic heterocycles. The first-order chi connectivity index (χ1) is 9.47. The fraction of sp³-hybridized carbons (Fsp3) is 0.625. The Hall–Kier alpha value is -0.870. The van der Waals surface area contributed by atoms with E-state index < -0.39 is 0 Å². The zero-order valence-electron chi connectivity index (χ0n) is 13.0. The van der Waals surface area contributed by atoms with Crippen molar-refractivity contribution in [3.63, 3.8) is 0 Å². The van der Waals surface area contributed by atoms with Gasteiger partial charge in [0.05, 0.1) is 12.6 Å². The molecule has 2 rings (SSSR count). The molecular weight excluding hydrogens is 268 g/mol. The predicted octanol–water partition coefficient (Wildman–Crippen LogP) is 2.99. The fourth-order valence-electron chi connectivity index (χ4n) is 3.09. The number of ether oxygens (including phenoxy) is 1. The lowest BCUT2D eigenvalue weighted by Crippen LogP contribution is -2.65. The minimum absolute atomic E-state index is 0.0116. The van der Waals surface area contributed by atoms with Crippen LogP contribution in [0.3, 0.4) is 0 Å². The zero-order valence-corrected chi connectivity index (χ0v) is 13.8. The summed E-state index contributed by atoms with van der Waals surface area (Å²) in [6.07, 6.45) is 1.20. The summed E-state index contributed by atoms with van der Waals surface area (Å²) in [5, 5.41) is 0.